The number of aromatic nitrogens is 6. The summed E-state index contributed by atoms with van der Waals surface area (Å²) in [4.78, 5) is 37.9. The van der Waals surface area contributed by atoms with E-state index in [9.17, 15) is 27.9 Å². The van der Waals surface area contributed by atoms with Gasteiger partial charge in [-0.25, -0.2) is 9.97 Å². The molecular formula is C22H20F3N7O3. The number of carbonyl (C=O) groups excluding carboxylic acids is 2. The van der Waals surface area contributed by atoms with E-state index in [1.165, 1.54) is 37.9 Å². The van der Waals surface area contributed by atoms with Crippen LogP contribution in [0.2, 0.25) is 0 Å². The van der Waals surface area contributed by atoms with E-state index in [2.05, 4.69) is 25.4 Å². The number of hydrogen-bond donors (Lipinski definition) is 2. The van der Waals surface area contributed by atoms with Crippen molar-refractivity contribution in [2.45, 2.75) is 32.6 Å². The van der Waals surface area contributed by atoms with Crippen molar-refractivity contribution in [2.75, 3.05) is 11.9 Å². The number of carbonyl (C=O) groups is 2. The first-order chi connectivity index (χ1) is 16.6. The van der Waals surface area contributed by atoms with Crippen LogP contribution in [0.1, 0.15) is 40.3 Å². The summed E-state index contributed by atoms with van der Waals surface area (Å²) >= 11 is 0. The Morgan fingerprint density at radius 1 is 1.17 bits per heavy atom. The molecule has 1 atom stereocenters. The van der Waals surface area contributed by atoms with E-state index < -0.39 is 30.1 Å². The van der Waals surface area contributed by atoms with Crippen LogP contribution in [-0.2, 0) is 17.5 Å². The topological polar surface area (TPSA) is 128 Å². The molecule has 10 nitrogen and oxygen atoms in total. The summed E-state index contributed by atoms with van der Waals surface area (Å²) in [5, 5.41) is 16.0. The average molecular weight is 487 g/mol. The van der Waals surface area contributed by atoms with Crippen molar-refractivity contribution in [1.29, 1.82) is 0 Å². The minimum absolute atomic E-state index is 0.162. The molecule has 2 N–H and O–H groups in total. The Hall–Kier alpha value is -4.13. The number of aliphatic hydroxyl groups is 1. The van der Waals surface area contributed by atoms with Crippen molar-refractivity contribution >= 4 is 28.4 Å². The summed E-state index contributed by atoms with van der Waals surface area (Å²) in [5.74, 6) is -1.05. The highest BCUT2D eigenvalue weighted by molar-refractivity contribution is 6.16. The molecule has 182 valence electrons. The quantitative estimate of drug-likeness (QED) is 0.384. The van der Waals surface area contributed by atoms with E-state index >= 15 is 0 Å². The maximum absolute atomic E-state index is 13.3. The molecule has 35 heavy (non-hydrogen) atoms. The van der Waals surface area contributed by atoms with Gasteiger partial charge in [0.25, 0.3) is 0 Å². The number of halogens is 3. The molecule has 1 amide bonds. The maximum atomic E-state index is 13.3. The van der Waals surface area contributed by atoms with Crippen LogP contribution in [0.25, 0.3) is 11.0 Å². The predicted molar refractivity (Wildman–Crippen MR) is 118 cm³/mol. The minimum atomic E-state index is -4.62. The summed E-state index contributed by atoms with van der Waals surface area (Å²) in [7, 11) is 0. The Morgan fingerprint density at radius 3 is 2.63 bits per heavy atom. The van der Waals surface area contributed by atoms with Crippen molar-refractivity contribution in [2.24, 2.45) is 0 Å². The molecule has 0 saturated carbocycles. The van der Waals surface area contributed by atoms with Crippen LogP contribution in [0.15, 0.2) is 43.2 Å². The highest BCUT2D eigenvalue weighted by Crippen LogP contribution is 2.28. The standard InChI is InChI=1S/C22H20F3N7O3/c1-12-3-18(22(23,24)25)30-32(12)9-19(34)29-15-4-14(5-26-6-15)20(35)17-8-31(13(2)10-33)21-16(17)7-27-11-28-21/h3-8,11,13,33H,9-10H2,1-2H3,(H,29,34)/t13-/m0/s1. The molecule has 4 aromatic rings. The van der Waals surface area contributed by atoms with Crippen molar-refractivity contribution in [3.63, 3.8) is 0 Å². The smallest absolute Gasteiger partial charge is 0.394 e. The van der Waals surface area contributed by atoms with Gasteiger partial charge in [0.15, 0.2) is 11.5 Å². The van der Waals surface area contributed by atoms with Gasteiger partial charge in [-0.05, 0) is 26.0 Å². The molecule has 0 radical (unpaired) electrons. The lowest BCUT2D eigenvalue weighted by molar-refractivity contribution is -0.141. The molecule has 0 saturated heterocycles. The number of amides is 1. The molecule has 0 fully saturated rings. The zero-order valence-electron chi connectivity index (χ0n) is 18.6. The molecule has 0 aliphatic carbocycles. The highest BCUT2D eigenvalue weighted by Gasteiger charge is 2.34. The van der Waals surface area contributed by atoms with Crippen LogP contribution < -0.4 is 5.32 Å². The van der Waals surface area contributed by atoms with Crippen LogP contribution >= 0.6 is 0 Å². The number of nitrogens with zero attached hydrogens (tertiary/aromatic N) is 6. The number of fused-ring (bicyclic) bond motifs is 1. The van der Waals surface area contributed by atoms with E-state index in [-0.39, 0.29) is 35.2 Å². The zero-order valence-corrected chi connectivity index (χ0v) is 18.6. The molecule has 0 unspecified atom stereocenters. The number of anilines is 1. The molecule has 0 aromatic carbocycles. The summed E-state index contributed by atoms with van der Waals surface area (Å²) in [6.07, 6.45) is 2.44. The van der Waals surface area contributed by atoms with Crippen LogP contribution in [0, 0.1) is 6.92 Å². The molecule has 4 rings (SSSR count). The first-order valence-corrected chi connectivity index (χ1v) is 10.4. The van der Waals surface area contributed by atoms with Gasteiger partial charge >= 0.3 is 6.18 Å². The van der Waals surface area contributed by atoms with Gasteiger partial charge in [0.1, 0.15) is 18.5 Å². The van der Waals surface area contributed by atoms with Gasteiger partial charge in [-0.1, -0.05) is 0 Å². The first-order valence-electron chi connectivity index (χ1n) is 10.4. The summed E-state index contributed by atoms with van der Waals surface area (Å²) in [6.45, 7) is 2.56. The van der Waals surface area contributed by atoms with E-state index in [0.29, 0.717) is 11.0 Å². The lowest BCUT2D eigenvalue weighted by atomic mass is 10.1. The van der Waals surface area contributed by atoms with Crippen molar-refractivity contribution < 1.29 is 27.9 Å². The lowest BCUT2D eigenvalue weighted by Gasteiger charge is -2.10. The SMILES string of the molecule is Cc1cc(C(F)(F)F)nn1CC(=O)Nc1cncc(C(=O)c2cn([C@@H](C)CO)c3ncncc23)c1. The number of aliphatic hydroxyl groups excluding tert-OH is 1. The fourth-order valence-corrected chi connectivity index (χ4v) is 3.53. The van der Waals surface area contributed by atoms with Crippen molar-refractivity contribution in [1.82, 2.24) is 29.3 Å². The summed E-state index contributed by atoms with van der Waals surface area (Å²) < 4.78 is 41.2. The fraction of sp³-hybridized carbons (Fsp3) is 0.273. The third kappa shape index (κ3) is 4.89. The Labute approximate surface area is 196 Å². The van der Waals surface area contributed by atoms with Gasteiger partial charge in [0, 0.05) is 35.2 Å². The number of ketones is 1. The second-order valence-corrected chi connectivity index (χ2v) is 7.91. The van der Waals surface area contributed by atoms with Crippen LogP contribution in [0.5, 0.6) is 0 Å². The Morgan fingerprint density at radius 2 is 1.94 bits per heavy atom. The highest BCUT2D eigenvalue weighted by atomic mass is 19.4. The van der Waals surface area contributed by atoms with Gasteiger partial charge in [0.05, 0.1) is 30.1 Å². The molecule has 0 aliphatic rings. The zero-order chi connectivity index (χ0) is 25.3. The molecule has 0 spiro atoms. The van der Waals surface area contributed by atoms with Gasteiger partial charge < -0.3 is 15.0 Å². The third-order valence-corrected chi connectivity index (χ3v) is 5.33. The largest absolute Gasteiger partial charge is 0.435 e. The monoisotopic (exact) mass is 487 g/mol. The predicted octanol–water partition coefficient (Wildman–Crippen LogP) is 2.77. The Bertz CT molecular complexity index is 1410. The maximum Gasteiger partial charge on any atom is 0.435 e. The van der Waals surface area contributed by atoms with Crippen LogP contribution in [0.4, 0.5) is 18.9 Å². The van der Waals surface area contributed by atoms with E-state index in [4.69, 9.17) is 0 Å². The molecule has 0 bridgehead atoms. The number of rotatable bonds is 7. The Balaban J connectivity index is 1.56. The lowest BCUT2D eigenvalue weighted by Crippen LogP contribution is -2.21. The van der Waals surface area contributed by atoms with Crippen molar-refractivity contribution in [3.8, 4) is 0 Å². The molecular weight excluding hydrogens is 467 g/mol. The average Bonchev–Trinajstić information content (AvgIpc) is 3.39. The molecule has 0 aliphatic heterocycles. The van der Waals surface area contributed by atoms with Crippen molar-refractivity contribution in [3.05, 3.63) is 65.8 Å². The second-order valence-electron chi connectivity index (χ2n) is 7.91. The van der Waals surface area contributed by atoms with E-state index in [1.807, 2.05) is 0 Å². The van der Waals surface area contributed by atoms with Gasteiger partial charge in [-0.15, -0.1) is 0 Å². The first kappa shape index (κ1) is 24.0. The normalized spacial score (nSPS) is 12.6. The number of hydrogen-bond acceptors (Lipinski definition) is 7. The van der Waals surface area contributed by atoms with Gasteiger partial charge in [-0.2, -0.15) is 18.3 Å². The molecule has 4 aromatic heterocycles. The van der Waals surface area contributed by atoms with Crippen LogP contribution in [0.3, 0.4) is 0 Å². The summed E-state index contributed by atoms with van der Waals surface area (Å²) in [5.41, 5.74) is 0.205. The Kier molecular flexibility index (Phi) is 6.35. The molecule has 4 heterocycles. The minimum Gasteiger partial charge on any atom is -0.394 e. The number of alkyl halides is 3. The second kappa shape index (κ2) is 9.25. The number of aryl methyl sites for hydroxylation is 1. The van der Waals surface area contributed by atoms with Crippen LogP contribution in [-0.4, -0.2) is 52.7 Å². The van der Waals surface area contributed by atoms with Gasteiger partial charge in [0.2, 0.25) is 5.91 Å². The molecule has 13 heteroatoms. The van der Waals surface area contributed by atoms with Gasteiger partial charge in [-0.3, -0.25) is 19.3 Å². The third-order valence-electron chi connectivity index (χ3n) is 5.33. The number of pyridine rings is 1. The van der Waals surface area contributed by atoms with E-state index in [1.54, 1.807) is 17.7 Å². The fourth-order valence-electron chi connectivity index (χ4n) is 3.53. The number of nitrogens with one attached hydrogen (secondary N) is 1. The van der Waals surface area contributed by atoms with E-state index in [0.717, 1.165) is 10.7 Å². The summed E-state index contributed by atoms with van der Waals surface area (Å²) in [6, 6.07) is 1.93.